The molecule has 1 saturated carbocycles. The Morgan fingerprint density at radius 1 is 1.22 bits per heavy atom. The van der Waals surface area contributed by atoms with Crippen molar-refractivity contribution in [3.63, 3.8) is 0 Å². The standard InChI is InChI=1S/C14H24N4/c15-5-4-14(2-3-14)12-17-8-1-13(11-17)18-9-6-16-7-10-18/h13,16H,1-4,6-12H2. The molecule has 100 valence electrons. The second-order valence-corrected chi connectivity index (χ2v) is 6.30. The lowest BCUT2D eigenvalue weighted by Crippen LogP contribution is -2.49. The van der Waals surface area contributed by atoms with Gasteiger partial charge in [0.2, 0.25) is 0 Å². The summed E-state index contributed by atoms with van der Waals surface area (Å²) in [6, 6.07) is 3.14. The summed E-state index contributed by atoms with van der Waals surface area (Å²) in [6.45, 7) is 8.35. The minimum atomic E-state index is 0.382. The molecule has 2 heterocycles. The summed E-state index contributed by atoms with van der Waals surface area (Å²) in [4.78, 5) is 5.26. The maximum absolute atomic E-state index is 8.89. The number of likely N-dealkylation sites (tertiary alicyclic amines) is 1. The van der Waals surface area contributed by atoms with Crippen molar-refractivity contribution in [3.8, 4) is 6.07 Å². The first-order valence-electron chi connectivity index (χ1n) is 7.35. The third kappa shape index (κ3) is 2.69. The fraction of sp³-hybridized carbons (Fsp3) is 0.929. The second kappa shape index (κ2) is 5.16. The van der Waals surface area contributed by atoms with Gasteiger partial charge < -0.3 is 10.2 Å². The second-order valence-electron chi connectivity index (χ2n) is 6.30. The molecule has 0 radical (unpaired) electrons. The number of nitrogens with one attached hydrogen (secondary N) is 1. The van der Waals surface area contributed by atoms with Gasteiger partial charge in [-0.25, -0.2) is 0 Å². The molecule has 0 aromatic rings. The van der Waals surface area contributed by atoms with Crippen LogP contribution in [0.3, 0.4) is 0 Å². The molecule has 18 heavy (non-hydrogen) atoms. The molecule has 1 aliphatic carbocycles. The first kappa shape index (κ1) is 12.4. The monoisotopic (exact) mass is 248 g/mol. The van der Waals surface area contributed by atoms with Crippen LogP contribution in [0.15, 0.2) is 0 Å². The van der Waals surface area contributed by atoms with E-state index in [0.29, 0.717) is 5.41 Å². The van der Waals surface area contributed by atoms with Crippen LogP contribution >= 0.6 is 0 Å². The van der Waals surface area contributed by atoms with E-state index < -0.39 is 0 Å². The molecule has 3 rings (SSSR count). The maximum Gasteiger partial charge on any atom is 0.0628 e. The number of hydrogen-bond donors (Lipinski definition) is 1. The van der Waals surface area contributed by atoms with Crippen LogP contribution in [-0.2, 0) is 0 Å². The zero-order valence-electron chi connectivity index (χ0n) is 11.2. The highest BCUT2D eigenvalue weighted by Crippen LogP contribution is 2.49. The van der Waals surface area contributed by atoms with Crippen LogP contribution < -0.4 is 5.32 Å². The van der Waals surface area contributed by atoms with Crippen molar-refractivity contribution in [3.05, 3.63) is 0 Å². The zero-order valence-corrected chi connectivity index (χ0v) is 11.2. The molecular weight excluding hydrogens is 224 g/mol. The summed E-state index contributed by atoms with van der Waals surface area (Å²) in [6.07, 6.45) is 4.63. The Bertz CT molecular complexity index is 325. The Labute approximate surface area is 110 Å². The number of rotatable bonds is 4. The van der Waals surface area contributed by atoms with Gasteiger partial charge in [0.05, 0.1) is 6.07 Å². The van der Waals surface area contributed by atoms with Gasteiger partial charge in [0.25, 0.3) is 0 Å². The summed E-state index contributed by atoms with van der Waals surface area (Å²) >= 11 is 0. The molecule has 0 bridgehead atoms. The van der Waals surface area contributed by atoms with Gasteiger partial charge >= 0.3 is 0 Å². The molecule has 0 amide bonds. The van der Waals surface area contributed by atoms with E-state index in [1.807, 2.05) is 0 Å². The van der Waals surface area contributed by atoms with Gasteiger partial charge in [0, 0.05) is 51.7 Å². The molecule has 2 saturated heterocycles. The fourth-order valence-electron chi connectivity index (χ4n) is 3.51. The highest BCUT2D eigenvalue weighted by Gasteiger charge is 2.44. The van der Waals surface area contributed by atoms with E-state index >= 15 is 0 Å². The highest BCUT2D eigenvalue weighted by molar-refractivity contribution is 5.02. The molecule has 1 unspecified atom stereocenters. The van der Waals surface area contributed by atoms with Crippen molar-refractivity contribution in [1.82, 2.24) is 15.1 Å². The van der Waals surface area contributed by atoms with E-state index in [4.69, 9.17) is 5.26 Å². The lowest BCUT2D eigenvalue weighted by atomic mass is 10.0. The third-order valence-corrected chi connectivity index (χ3v) is 4.89. The first-order valence-corrected chi connectivity index (χ1v) is 7.35. The van der Waals surface area contributed by atoms with Gasteiger partial charge in [0.1, 0.15) is 0 Å². The van der Waals surface area contributed by atoms with Crippen LogP contribution in [0, 0.1) is 16.7 Å². The molecule has 4 heteroatoms. The molecule has 0 aromatic carbocycles. The summed E-state index contributed by atoms with van der Waals surface area (Å²) in [5.74, 6) is 0. The predicted molar refractivity (Wildman–Crippen MR) is 71.2 cm³/mol. The van der Waals surface area contributed by atoms with Crippen LogP contribution in [0.1, 0.15) is 25.7 Å². The molecule has 1 N–H and O–H groups in total. The van der Waals surface area contributed by atoms with E-state index in [0.717, 1.165) is 25.6 Å². The predicted octanol–water partition coefficient (Wildman–Crippen LogP) is 0.660. The normalized spacial score (nSPS) is 32.3. The van der Waals surface area contributed by atoms with Crippen molar-refractivity contribution in [2.75, 3.05) is 45.8 Å². The lowest BCUT2D eigenvalue weighted by molar-refractivity contribution is 0.165. The Kier molecular flexibility index (Phi) is 3.56. The van der Waals surface area contributed by atoms with Gasteiger partial charge in [-0.2, -0.15) is 5.26 Å². The summed E-state index contributed by atoms with van der Waals surface area (Å²) in [5.41, 5.74) is 0.382. The van der Waals surface area contributed by atoms with Gasteiger partial charge in [-0.05, 0) is 31.2 Å². The smallest absolute Gasteiger partial charge is 0.0628 e. The topological polar surface area (TPSA) is 42.3 Å². The number of piperazine rings is 1. The van der Waals surface area contributed by atoms with Gasteiger partial charge in [-0.1, -0.05) is 0 Å². The van der Waals surface area contributed by atoms with Gasteiger partial charge in [-0.3, -0.25) is 4.90 Å². The third-order valence-electron chi connectivity index (χ3n) is 4.89. The van der Waals surface area contributed by atoms with E-state index in [1.54, 1.807) is 0 Å². The van der Waals surface area contributed by atoms with Crippen molar-refractivity contribution >= 4 is 0 Å². The van der Waals surface area contributed by atoms with E-state index in [-0.39, 0.29) is 0 Å². The number of hydrogen-bond acceptors (Lipinski definition) is 4. The van der Waals surface area contributed by atoms with Crippen LogP contribution in [0.25, 0.3) is 0 Å². The molecular formula is C14H24N4. The Morgan fingerprint density at radius 2 is 2.00 bits per heavy atom. The largest absolute Gasteiger partial charge is 0.314 e. The highest BCUT2D eigenvalue weighted by atomic mass is 15.3. The van der Waals surface area contributed by atoms with E-state index in [9.17, 15) is 0 Å². The van der Waals surface area contributed by atoms with Crippen LogP contribution in [0.5, 0.6) is 0 Å². The summed E-state index contributed by atoms with van der Waals surface area (Å²) in [5, 5.41) is 12.3. The molecule has 0 spiro atoms. The van der Waals surface area contributed by atoms with Crippen molar-refractivity contribution in [1.29, 1.82) is 5.26 Å². The average molecular weight is 248 g/mol. The molecule has 2 aliphatic heterocycles. The quantitative estimate of drug-likeness (QED) is 0.793. The molecule has 4 nitrogen and oxygen atoms in total. The number of nitrogens with zero attached hydrogens (tertiary/aromatic N) is 3. The number of nitriles is 1. The summed E-state index contributed by atoms with van der Waals surface area (Å²) in [7, 11) is 0. The van der Waals surface area contributed by atoms with Crippen molar-refractivity contribution in [2.24, 2.45) is 5.41 Å². The Morgan fingerprint density at radius 3 is 2.67 bits per heavy atom. The molecule has 0 aromatic heterocycles. The minimum Gasteiger partial charge on any atom is -0.314 e. The van der Waals surface area contributed by atoms with E-state index in [2.05, 4.69) is 21.2 Å². The maximum atomic E-state index is 8.89. The molecule has 3 aliphatic rings. The van der Waals surface area contributed by atoms with Crippen LogP contribution in [-0.4, -0.2) is 61.7 Å². The SMILES string of the molecule is N#CCC1(CN2CCC(N3CCNCC3)C2)CC1. The summed E-state index contributed by atoms with van der Waals surface area (Å²) < 4.78 is 0. The van der Waals surface area contributed by atoms with Crippen LogP contribution in [0.4, 0.5) is 0 Å². The van der Waals surface area contributed by atoms with Gasteiger partial charge in [0.15, 0.2) is 0 Å². The fourth-order valence-corrected chi connectivity index (χ4v) is 3.51. The van der Waals surface area contributed by atoms with E-state index in [1.165, 1.54) is 52.0 Å². The van der Waals surface area contributed by atoms with Crippen LogP contribution in [0.2, 0.25) is 0 Å². The lowest BCUT2D eigenvalue weighted by Gasteiger charge is -2.33. The first-order chi connectivity index (χ1) is 8.81. The average Bonchev–Trinajstić information content (AvgIpc) is 2.99. The molecule has 3 fully saturated rings. The van der Waals surface area contributed by atoms with Crippen molar-refractivity contribution < 1.29 is 0 Å². The Hall–Kier alpha value is -0.630. The van der Waals surface area contributed by atoms with Crippen molar-refractivity contribution in [2.45, 2.75) is 31.7 Å². The minimum absolute atomic E-state index is 0.382. The Balaban J connectivity index is 1.48. The zero-order chi connectivity index (χ0) is 12.4. The molecule has 1 atom stereocenters. The van der Waals surface area contributed by atoms with Gasteiger partial charge in [-0.15, -0.1) is 0 Å².